The van der Waals surface area contributed by atoms with Gasteiger partial charge in [0.15, 0.2) is 0 Å². The summed E-state index contributed by atoms with van der Waals surface area (Å²) in [6.07, 6.45) is 4.77. The average molecular weight is 264 g/mol. The van der Waals surface area contributed by atoms with Crippen molar-refractivity contribution in [2.24, 2.45) is 0 Å². The third kappa shape index (κ3) is 1.73. The lowest BCUT2D eigenvalue weighted by molar-refractivity contribution is -0.163. The average Bonchev–Trinajstić information content (AvgIpc) is 2.58. The Morgan fingerprint density at radius 2 is 1.20 bits per heavy atom. The number of hydrogen-bond donors (Lipinski definition) is 0. The summed E-state index contributed by atoms with van der Waals surface area (Å²) in [5, 5.41) is 0. The first-order valence-electron chi connectivity index (χ1n) is 7.58. The molecule has 0 unspecified atom stereocenters. The fourth-order valence-electron chi connectivity index (χ4n) is 3.97. The fourth-order valence-corrected chi connectivity index (χ4v) is 3.97. The Kier molecular flexibility index (Phi) is 2.71. The summed E-state index contributed by atoms with van der Waals surface area (Å²) in [5.41, 5.74) is 3.07. The van der Waals surface area contributed by atoms with Crippen LogP contribution in [0.2, 0.25) is 0 Å². The van der Waals surface area contributed by atoms with Crippen molar-refractivity contribution in [1.82, 2.24) is 0 Å². The largest absolute Gasteiger partial charge is 0.369 e. The molecule has 20 heavy (non-hydrogen) atoms. The number of ether oxygens (including phenoxy) is 1. The number of rotatable bonds is 2. The van der Waals surface area contributed by atoms with Gasteiger partial charge in [-0.2, -0.15) is 0 Å². The van der Waals surface area contributed by atoms with Gasteiger partial charge in [0.1, 0.15) is 0 Å². The summed E-state index contributed by atoms with van der Waals surface area (Å²) in [5.74, 6) is 0. The Hall–Kier alpha value is -1.60. The van der Waals surface area contributed by atoms with E-state index in [4.69, 9.17) is 4.74 Å². The molecule has 2 aromatic carbocycles. The smallest absolute Gasteiger partial charge is 0.0932 e. The molecule has 5 rings (SSSR count). The first-order valence-corrected chi connectivity index (χ1v) is 7.58. The highest BCUT2D eigenvalue weighted by Crippen LogP contribution is 2.54. The Balaban J connectivity index is 1.64. The van der Waals surface area contributed by atoms with Gasteiger partial charge in [0, 0.05) is 5.41 Å². The second-order valence-electron chi connectivity index (χ2n) is 6.30. The zero-order valence-corrected chi connectivity index (χ0v) is 11.7. The minimum absolute atomic E-state index is 0.0161. The summed E-state index contributed by atoms with van der Waals surface area (Å²) >= 11 is 0. The lowest BCUT2D eigenvalue weighted by Gasteiger charge is -2.53. The lowest BCUT2D eigenvalue weighted by atomic mass is 9.61. The van der Waals surface area contributed by atoms with Gasteiger partial charge in [-0.05, 0) is 36.8 Å². The highest BCUT2D eigenvalue weighted by Gasteiger charge is 2.51. The SMILES string of the molecule is c1ccc(C23CCC(c4ccccc4)(CC2)OC3)cc1. The van der Waals surface area contributed by atoms with Gasteiger partial charge in [-0.3, -0.25) is 0 Å². The van der Waals surface area contributed by atoms with Crippen LogP contribution in [0.1, 0.15) is 36.8 Å². The van der Waals surface area contributed by atoms with Crippen LogP contribution in [-0.2, 0) is 15.8 Å². The van der Waals surface area contributed by atoms with E-state index < -0.39 is 0 Å². The van der Waals surface area contributed by atoms with E-state index in [1.54, 1.807) is 0 Å². The van der Waals surface area contributed by atoms with Crippen LogP contribution in [0, 0.1) is 0 Å². The molecule has 2 heterocycles. The number of hydrogen-bond acceptors (Lipinski definition) is 1. The van der Waals surface area contributed by atoms with Crippen molar-refractivity contribution in [2.75, 3.05) is 6.61 Å². The Labute approximate surface area is 120 Å². The summed E-state index contributed by atoms with van der Waals surface area (Å²) in [6.45, 7) is 0.867. The second kappa shape index (κ2) is 4.46. The van der Waals surface area contributed by atoms with Gasteiger partial charge in [0.2, 0.25) is 0 Å². The molecule has 1 aliphatic carbocycles. The Morgan fingerprint density at radius 3 is 1.70 bits per heavy atom. The first-order chi connectivity index (χ1) is 9.83. The van der Waals surface area contributed by atoms with Crippen molar-refractivity contribution in [3.63, 3.8) is 0 Å². The van der Waals surface area contributed by atoms with Gasteiger partial charge in [0.25, 0.3) is 0 Å². The molecule has 2 aromatic rings. The second-order valence-corrected chi connectivity index (χ2v) is 6.30. The number of benzene rings is 2. The van der Waals surface area contributed by atoms with Crippen molar-refractivity contribution in [1.29, 1.82) is 0 Å². The molecular formula is C19H20O. The van der Waals surface area contributed by atoms with Crippen LogP contribution in [0.4, 0.5) is 0 Å². The normalized spacial score (nSPS) is 32.2. The van der Waals surface area contributed by atoms with Gasteiger partial charge < -0.3 is 4.74 Å². The molecule has 3 aliphatic rings. The molecule has 0 aromatic heterocycles. The van der Waals surface area contributed by atoms with Crippen molar-refractivity contribution in [3.8, 4) is 0 Å². The highest BCUT2D eigenvalue weighted by molar-refractivity contribution is 5.32. The van der Waals surface area contributed by atoms with E-state index in [0.29, 0.717) is 0 Å². The Morgan fingerprint density at radius 1 is 0.650 bits per heavy atom. The van der Waals surface area contributed by atoms with E-state index in [9.17, 15) is 0 Å². The minimum Gasteiger partial charge on any atom is -0.369 e. The molecule has 0 N–H and O–H groups in total. The van der Waals surface area contributed by atoms with Crippen LogP contribution in [0.25, 0.3) is 0 Å². The van der Waals surface area contributed by atoms with Crippen LogP contribution >= 0.6 is 0 Å². The molecule has 0 atom stereocenters. The highest BCUT2D eigenvalue weighted by atomic mass is 16.5. The molecule has 0 amide bonds. The molecule has 1 heteroatoms. The summed E-state index contributed by atoms with van der Waals surface area (Å²) in [4.78, 5) is 0. The van der Waals surface area contributed by atoms with E-state index in [2.05, 4.69) is 60.7 Å². The van der Waals surface area contributed by atoms with E-state index in [1.807, 2.05) is 0 Å². The van der Waals surface area contributed by atoms with Crippen LogP contribution in [-0.4, -0.2) is 6.61 Å². The summed E-state index contributed by atoms with van der Waals surface area (Å²) in [7, 11) is 0. The molecule has 102 valence electrons. The molecule has 1 nitrogen and oxygen atoms in total. The van der Waals surface area contributed by atoms with E-state index in [-0.39, 0.29) is 11.0 Å². The van der Waals surface area contributed by atoms with Crippen LogP contribution in [0.5, 0.6) is 0 Å². The van der Waals surface area contributed by atoms with Gasteiger partial charge >= 0.3 is 0 Å². The predicted octanol–water partition coefficient (Wildman–Crippen LogP) is 4.42. The van der Waals surface area contributed by atoms with Crippen molar-refractivity contribution in [3.05, 3.63) is 71.8 Å². The van der Waals surface area contributed by atoms with E-state index in [1.165, 1.54) is 24.0 Å². The quantitative estimate of drug-likeness (QED) is 0.780. The third-order valence-electron chi connectivity index (χ3n) is 5.33. The molecule has 3 fully saturated rings. The monoisotopic (exact) mass is 264 g/mol. The topological polar surface area (TPSA) is 9.23 Å². The zero-order valence-electron chi connectivity index (χ0n) is 11.7. The maximum atomic E-state index is 6.41. The van der Waals surface area contributed by atoms with E-state index >= 15 is 0 Å². The lowest BCUT2D eigenvalue weighted by Crippen LogP contribution is -2.51. The van der Waals surface area contributed by atoms with Crippen LogP contribution in [0.3, 0.4) is 0 Å². The van der Waals surface area contributed by atoms with Crippen molar-refractivity contribution < 1.29 is 4.74 Å². The first kappa shape index (κ1) is 12.2. The number of fused-ring (bicyclic) bond motifs is 3. The molecule has 0 radical (unpaired) electrons. The maximum Gasteiger partial charge on any atom is 0.0932 e. The van der Waals surface area contributed by atoms with Gasteiger partial charge in [0.05, 0.1) is 12.2 Å². The molecule has 2 saturated heterocycles. The molecule has 0 spiro atoms. The summed E-state index contributed by atoms with van der Waals surface area (Å²) in [6, 6.07) is 21.7. The molecular weight excluding hydrogens is 244 g/mol. The zero-order chi connectivity index (χ0) is 13.5. The fraction of sp³-hybridized carbons (Fsp3) is 0.368. The van der Waals surface area contributed by atoms with Crippen molar-refractivity contribution in [2.45, 2.75) is 36.7 Å². The van der Waals surface area contributed by atoms with Gasteiger partial charge in [-0.1, -0.05) is 60.7 Å². The minimum atomic E-state index is -0.0161. The van der Waals surface area contributed by atoms with Crippen LogP contribution in [0.15, 0.2) is 60.7 Å². The molecule has 2 bridgehead atoms. The summed E-state index contributed by atoms with van der Waals surface area (Å²) < 4.78 is 6.41. The molecule has 2 aliphatic heterocycles. The molecule has 1 saturated carbocycles. The standard InChI is InChI=1S/C19H20O/c1-3-7-16(8-4-1)18-11-13-19(14-12-18,20-15-18)17-9-5-2-6-10-17/h1-10H,11-15H2. The predicted molar refractivity (Wildman–Crippen MR) is 80.7 cm³/mol. The van der Waals surface area contributed by atoms with Crippen molar-refractivity contribution >= 4 is 0 Å². The Bertz CT molecular complexity index is 508. The maximum absolute atomic E-state index is 6.41. The van der Waals surface area contributed by atoms with Gasteiger partial charge in [-0.25, -0.2) is 0 Å². The van der Waals surface area contributed by atoms with Gasteiger partial charge in [-0.15, -0.1) is 0 Å². The van der Waals surface area contributed by atoms with E-state index in [0.717, 1.165) is 19.4 Å². The van der Waals surface area contributed by atoms with Crippen LogP contribution < -0.4 is 0 Å². The third-order valence-corrected chi connectivity index (χ3v) is 5.33.